The average molecular weight is 355 g/mol. The first-order valence-electron chi connectivity index (χ1n) is 9.38. The number of aryl methyl sites for hydroxylation is 3. The Morgan fingerprint density at radius 1 is 0.833 bits per heavy atom. The van der Waals surface area contributed by atoms with Crippen LogP contribution in [0.3, 0.4) is 0 Å². The number of hydrogen-bond acceptors (Lipinski definition) is 0. The molecule has 0 amide bonds. The van der Waals surface area contributed by atoms with Gasteiger partial charge in [0.15, 0.2) is 0 Å². The van der Waals surface area contributed by atoms with E-state index in [1.807, 2.05) is 0 Å². The number of rotatable bonds is 6. The lowest BCUT2D eigenvalue weighted by molar-refractivity contribution is 0.875. The van der Waals surface area contributed by atoms with Crippen molar-refractivity contribution in [3.8, 4) is 0 Å². The fraction of sp³-hybridized carbons (Fsp3) is 0.455. The van der Waals surface area contributed by atoms with E-state index in [2.05, 4.69) is 89.8 Å². The maximum atomic E-state index is 2.61. The van der Waals surface area contributed by atoms with E-state index >= 15 is 0 Å². The van der Waals surface area contributed by atoms with Crippen molar-refractivity contribution in [2.45, 2.75) is 66.2 Å². The van der Waals surface area contributed by atoms with Crippen molar-refractivity contribution < 1.29 is 0 Å². The van der Waals surface area contributed by atoms with Crippen LogP contribution in [0.4, 0.5) is 0 Å². The molecule has 1 unspecified atom stereocenters. The van der Waals surface area contributed by atoms with E-state index in [1.165, 1.54) is 35.6 Å². The molecule has 0 fully saturated rings. The fourth-order valence-corrected chi connectivity index (χ4v) is 20.3. The highest BCUT2D eigenvalue weighted by Gasteiger charge is 2.49. The molecule has 2 rings (SSSR count). The van der Waals surface area contributed by atoms with Gasteiger partial charge in [0.1, 0.15) is 7.59 Å². The summed E-state index contributed by atoms with van der Waals surface area (Å²) in [4.78, 5) is 0. The Morgan fingerprint density at radius 3 is 1.83 bits per heavy atom. The zero-order chi connectivity index (χ0) is 18.0. The number of unbranched alkanes of at least 4 members (excludes halogenated alkanes) is 1. The maximum absolute atomic E-state index is 2.61. The summed E-state index contributed by atoms with van der Waals surface area (Å²) in [6.07, 6.45) is 2.63. The van der Waals surface area contributed by atoms with Crippen molar-refractivity contribution in [2.24, 2.45) is 0 Å². The van der Waals surface area contributed by atoms with Crippen LogP contribution < -0.4 is 10.4 Å². The van der Waals surface area contributed by atoms with Crippen LogP contribution in [0, 0.1) is 20.8 Å². The second kappa shape index (κ2) is 7.41. The SMILES string of the molecule is CCCC[Si](c1ccccc1)(c1c(C)cc(C)cc1C)[Si](C)(C)C. The molecule has 130 valence electrons. The first-order chi connectivity index (χ1) is 11.2. The lowest BCUT2D eigenvalue weighted by atomic mass is 10.1. The molecule has 0 N–H and O–H groups in total. The molecule has 0 bridgehead atoms. The summed E-state index contributed by atoms with van der Waals surface area (Å²) in [5, 5.41) is 3.40. The van der Waals surface area contributed by atoms with Crippen molar-refractivity contribution >= 4 is 25.6 Å². The predicted octanol–water partition coefficient (Wildman–Crippen LogP) is 5.39. The van der Waals surface area contributed by atoms with Gasteiger partial charge >= 0.3 is 0 Å². The third-order valence-corrected chi connectivity index (χ3v) is 22.2. The number of hydrogen-bond donors (Lipinski definition) is 0. The molecule has 0 aliphatic carbocycles. The summed E-state index contributed by atoms with van der Waals surface area (Å²) in [5.41, 5.74) is 4.46. The van der Waals surface area contributed by atoms with E-state index in [9.17, 15) is 0 Å². The fourth-order valence-electron chi connectivity index (χ4n) is 4.61. The zero-order valence-electron chi connectivity index (χ0n) is 16.7. The van der Waals surface area contributed by atoms with Gasteiger partial charge in [0.25, 0.3) is 0 Å². The first-order valence-corrected chi connectivity index (χ1v) is 16.1. The van der Waals surface area contributed by atoms with Gasteiger partial charge in [-0.1, -0.05) is 115 Å². The zero-order valence-corrected chi connectivity index (χ0v) is 18.7. The summed E-state index contributed by atoms with van der Waals surface area (Å²) in [7, 11) is -3.14. The Bertz CT molecular complexity index is 660. The van der Waals surface area contributed by atoms with Crippen LogP contribution in [0.5, 0.6) is 0 Å². The van der Waals surface area contributed by atoms with Gasteiger partial charge in [-0.15, -0.1) is 0 Å². The molecule has 24 heavy (non-hydrogen) atoms. The summed E-state index contributed by atoms with van der Waals surface area (Å²) in [6.45, 7) is 17.1. The smallest absolute Gasteiger partial charge is 0.0709 e. The van der Waals surface area contributed by atoms with Gasteiger partial charge < -0.3 is 0 Å². The van der Waals surface area contributed by atoms with Gasteiger partial charge in [-0.25, -0.2) is 0 Å². The number of benzene rings is 2. The molecule has 2 aromatic carbocycles. The van der Waals surface area contributed by atoms with Crippen LogP contribution in [0.2, 0.25) is 25.7 Å². The molecule has 0 spiro atoms. The molecule has 2 aromatic rings. The third kappa shape index (κ3) is 3.45. The lowest BCUT2D eigenvalue weighted by Gasteiger charge is -2.45. The monoisotopic (exact) mass is 354 g/mol. The van der Waals surface area contributed by atoms with Gasteiger partial charge in [-0.3, -0.25) is 0 Å². The lowest BCUT2D eigenvalue weighted by Crippen LogP contribution is -2.74. The third-order valence-electron chi connectivity index (χ3n) is 5.56. The molecule has 0 saturated carbocycles. The molecule has 0 nitrogen and oxygen atoms in total. The largest absolute Gasteiger partial charge is 0.111 e. The van der Waals surface area contributed by atoms with Crippen molar-refractivity contribution in [3.05, 3.63) is 59.2 Å². The topological polar surface area (TPSA) is 0 Å². The second-order valence-electron chi connectivity index (χ2n) is 8.40. The minimum Gasteiger partial charge on any atom is -0.0709 e. The van der Waals surface area contributed by atoms with Crippen LogP contribution in [0.1, 0.15) is 36.5 Å². The van der Waals surface area contributed by atoms with E-state index in [0.29, 0.717) is 0 Å². The molecule has 0 saturated heterocycles. The molecule has 2 heteroatoms. The molecule has 0 heterocycles. The Balaban J connectivity index is 2.85. The first kappa shape index (κ1) is 19.2. The molecule has 0 radical (unpaired) electrons. The highest BCUT2D eigenvalue weighted by molar-refractivity contribution is 7.51. The van der Waals surface area contributed by atoms with Gasteiger partial charge in [-0.05, 0) is 20.8 Å². The van der Waals surface area contributed by atoms with E-state index in [1.54, 1.807) is 10.4 Å². The van der Waals surface area contributed by atoms with Crippen LogP contribution in [0.25, 0.3) is 0 Å². The van der Waals surface area contributed by atoms with Gasteiger partial charge in [-0.2, -0.15) is 0 Å². The summed E-state index contributed by atoms with van der Waals surface area (Å²) in [5.74, 6) is 0. The maximum Gasteiger partial charge on any atom is 0.111 e. The second-order valence-corrected chi connectivity index (χ2v) is 23.3. The quantitative estimate of drug-likeness (QED) is 0.610. The normalized spacial score (nSPS) is 14.5. The Morgan fingerprint density at radius 2 is 1.38 bits per heavy atom. The van der Waals surface area contributed by atoms with Crippen LogP contribution >= 0.6 is 0 Å². The molecule has 0 aliphatic rings. The molecule has 0 aliphatic heterocycles. The molecular formula is C22H34Si2. The average Bonchev–Trinajstić information content (AvgIpc) is 2.49. The van der Waals surface area contributed by atoms with E-state index in [-0.39, 0.29) is 0 Å². The summed E-state index contributed by atoms with van der Waals surface area (Å²) >= 11 is 0. The Labute approximate surface area is 151 Å². The predicted molar refractivity (Wildman–Crippen MR) is 115 cm³/mol. The summed E-state index contributed by atoms with van der Waals surface area (Å²) < 4.78 is 0. The van der Waals surface area contributed by atoms with Crippen molar-refractivity contribution in [2.75, 3.05) is 0 Å². The van der Waals surface area contributed by atoms with Gasteiger partial charge in [0.2, 0.25) is 0 Å². The van der Waals surface area contributed by atoms with Gasteiger partial charge in [0, 0.05) is 7.59 Å². The van der Waals surface area contributed by atoms with Crippen molar-refractivity contribution in [1.29, 1.82) is 0 Å². The minimum absolute atomic E-state index is 1.29. The molecule has 1 atom stereocenters. The van der Waals surface area contributed by atoms with Gasteiger partial charge in [0.05, 0.1) is 0 Å². The Kier molecular flexibility index (Phi) is 5.93. The van der Waals surface area contributed by atoms with E-state index < -0.39 is 15.2 Å². The van der Waals surface area contributed by atoms with E-state index in [0.717, 1.165) is 0 Å². The van der Waals surface area contributed by atoms with E-state index in [4.69, 9.17) is 0 Å². The molecule has 0 aromatic heterocycles. The highest BCUT2D eigenvalue weighted by Crippen LogP contribution is 2.28. The minimum atomic E-state index is -1.74. The van der Waals surface area contributed by atoms with Crippen molar-refractivity contribution in [3.63, 3.8) is 0 Å². The van der Waals surface area contributed by atoms with Crippen LogP contribution in [-0.4, -0.2) is 15.2 Å². The van der Waals surface area contributed by atoms with Crippen molar-refractivity contribution in [1.82, 2.24) is 0 Å². The van der Waals surface area contributed by atoms with Crippen LogP contribution in [0.15, 0.2) is 42.5 Å². The highest BCUT2D eigenvalue weighted by atomic mass is 29.3. The summed E-state index contributed by atoms with van der Waals surface area (Å²) in [6, 6.07) is 17.8. The Hall–Kier alpha value is -1.13. The standard InChI is InChI=1S/C22H34Si2/c1-8-9-15-24(23(5,6)7,21-13-11-10-12-14-21)22-19(3)16-18(2)17-20(22)4/h10-14,16-17H,8-9,15H2,1-7H3. The molecular weight excluding hydrogens is 320 g/mol. The van der Waals surface area contributed by atoms with Crippen LogP contribution in [-0.2, 0) is 0 Å².